The van der Waals surface area contributed by atoms with Gasteiger partial charge in [-0.3, -0.25) is 4.68 Å². The van der Waals surface area contributed by atoms with Crippen molar-refractivity contribution in [1.29, 1.82) is 0 Å². The second kappa shape index (κ2) is 4.49. The Morgan fingerprint density at radius 3 is 2.71 bits per heavy atom. The summed E-state index contributed by atoms with van der Waals surface area (Å²) in [7, 11) is 1.65. The molecule has 2 N–H and O–H groups in total. The molecule has 0 saturated heterocycles. The monoisotopic (exact) mass is 231 g/mol. The summed E-state index contributed by atoms with van der Waals surface area (Å²) in [4.78, 5) is 0. The molecule has 0 amide bonds. The van der Waals surface area contributed by atoms with E-state index in [1.807, 2.05) is 28.9 Å². The molecule has 0 radical (unpaired) electrons. The minimum absolute atomic E-state index is 0.273. The highest BCUT2D eigenvalue weighted by molar-refractivity contribution is 5.69. The number of nitrogens with two attached hydrogens (primary N) is 1. The van der Waals surface area contributed by atoms with Crippen molar-refractivity contribution in [1.82, 2.24) is 9.78 Å². The first-order valence-corrected chi connectivity index (χ1v) is 5.61. The van der Waals surface area contributed by atoms with Gasteiger partial charge in [0, 0.05) is 17.3 Å². The fraction of sp³-hybridized carbons (Fsp3) is 0.308. The van der Waals surface area contributed by atoms with Gasteiger partial charge in [0.05, 0.1) is 13.3 Å². The van der Waals surface area contributed by atoms with Crippen LogP contribution in [-0.2, 0) is 0 Å². The highest BCUT2D eigenvalue weighted by Gasteiger charge is 2.15. The van der Waals surface area contributed by atoms with Crippen molar-refractivity contribution in [2.75, 3.05) is 12.8 Å². The molecule has 4 heteroatoms. The van der Waals surface area contributed by atoms with Gasteiger partial charge >= 0.3 is 0 Å². The number of anilines is 1. The summed E-state index contributed by atoms with van der Waals surface area (Å²) in [6, 6.07) is 8.01. The molecule has 0 aliphatic rings. The molecule has 2 rings (SSSR count). The zero-order valence-electron chi connectivity index (χ0n) is 10.3. The van der Waals surface area contributed by atoms with E-state index in [0.717, 1.165) is 22.7 Å². The van der Waals surface area contributed by atoms with Gasteiger partial charge in [-0.15, -0.1) is 0 Å². The van der Waals surface area contributed by atoms with Crippen LogP contribution >= 0.6 is 0 Å². The van der Waals surface area contributed by atoms with Crippen molar-refractivity contribution in [3.63, 3.8) is 0 Å². The number of hydrogen-bond donors (Lipinski definition) is 1. The Hall–Kier alpha value is -1.97. The highest BCUT2D eigenvalue weighted by atomic mass is 16.5. The fourth-order valence-corrected chi connectivity index (χ4v) is 1.85. The number of rotatable bonds is 3. The maximum absolute atomic E-state index is 5.81. The van der Waals surface area contributed by atoms with Gasteiger partial charge in [0.15, 0.2) is 5.75 Å². The molecule has 2 aromatic rings. The summed E-state index contributed by atoms with van der Waals surface area (Å²) < 4.78 is 7.28. The van der Waals surface area contributed by atoms with Crippen LogP contribution in [0.15, 0.2) is 30.5 Å². The summed E-state index contributed by atoms with van der Waals surface area (Å²) in [5.74, 6) is 0.768. The van der Waals surface area contributed by atoms with E-state index in [1.54, 1.807) is 13.3 Å². The Morgan fingerprint density at radius 1 is 1.35 bits per heavy atom. The molecule has 0 aliphatic carbocycles. The lowest BCUT2D eigenvalue weighted by Crippen LogP contribution is -2.05. The van der Waals surface area contributed by atoms with Crippen molar-refractivity contribution < 1.29 is 4.74 Å². The third kappa shape index (κ3) is 2.11. The number of benzene rings is 1. The molecule has 0 aliphatic heterocycles. The third-order valence-corrected chi connectivity index (χ3v) is 2.63. The minimum Gasteiger partial charge on any atom is -0.493 e. The van der Waals surface area contributed by atoms with Crippen LogP contribution in [0.3, 0.4) is 0 Å². The maximum atomic E-state index is 5.81. The van der Waals surface area contributed by atoms with Crippen LogP contribution in [0.1, 0.15) is 19.9 Å². The van der Waals surface area contributed by atoms with E-state index in [9.17, 15) is 0 Å². The van der Waals surface area contributed by atoms with Crippen LogP contribution in [0.5, 0.6) is 5.75 Å². The van der Waals surface area contributed by atoms with E-state index < -0.39 is 0 Å². The molecule has 4 nitrogen and oxygen atoms in total. The lowest BCUT2D eigenvalue weighted by atomic mass is 10.1. The van der Waals surface area contributed by atoms with Crippen LogP contribution in [-0.4, -0.2) is 16.9 Å². The molecule has 0 unspecified atom stereocenters. The number of aromatic nitrogens is 2. The van der Waals surface area contributed by atoms with Crippen molar-refractivity contribution >= 4 is 5.69 Å². The molecule has 1 heterocycles. The Morgan fingerprint density at radius 2 is 2.12 bits per heavy atom. The summed E-state index contributed by atoms with van der Waals surface area (Å²) >= 11 is 0. The van der Waals surface area contributed by atoms with E-state index in [2.05, 4.69) is 18.9 Å². The lowest BCUT2D eigenvalue weighted by Gasteiger charge is -2.12. The van der Waals surface area contributed by atoms with Gasteiger partial charge in [0.25, 0.3) is 0 Å². The molecule has 0 fully saturated rings. The zero-order valence-corrected chi connectivity index (χ0v) is 10.3. The Kier molecular flexibility index (Phi) is 3.04. The molecule has 1 aromatic carbocycles. The van der Waals surface area contributed by atoms with E-state index >= 15 is 0 Å². The van der Waals surface area contributed by atoms with Gasteiger partial charge in [-0.1, -0.05) is 12.1 Å². The number of nitrogens with zero attached hydrogens (tertiary/aromatic N) is 2. The molecule has 0 bridgehead atoms. The van der Waals surface area contributed by atoms with Crippen LogP contribution in [0.25, 0.3) is 11.3 Å². The van der Waals surface area contributed by atoms with Crippen molar-refractivity contribution in [3.05, 3.63) is 30.5 Å². The largest absolute Gasteiger partial charge is 0.493 e. The fourth-order valence-electron chi connectivity index (χ4n) is 1.85. The molecular weight excluding hydrogens is 214 g/mol. The first-order chi connectivity index (χ1) is 8.13. The van der Waals surface area contributed by atoms with Crippen LogP contribution in [0.2, 0.25) is 0 Å². The van der Waals surface area contributed by atoms with Crippen LogP contribution in [0, 0.1) is 0 Å². The molecule has 0 saturated carbocycles. The first kappa shape index (κ1) is 11.5. The Labute approximate surface area is 101 Å². The maximum Gasteiger partial charge on any atom is 0.164 e. The number of ether oxygens (including phenoxy) is 1. The van der Waals surface area contributed by atoms with E-state index in [-0.39, 0.29) is 6.04 Å². The average molecular weight is 231 g/mol. The second-order valence-corrected chi connectivity index (χ2v) is 4.23. The molecule has 0 spiro atoms. The zero-order chi connectivity index (χ0) is 12.4. The van der Waals surface area contributed by atoms with Gasteiger partial charge in [-0.05, 0) is 26.0 Å². The van der Waals surface area contributed by atoms with E-state index in [1.165, 1.54) is 0 Å². The van der Waals surface area contributed by atoms with Gasteiger partial charge < -0.3 is 10.5 Å². The van der Waals surface area contributed by atoms with Crippen LogP contribution < -0.4 is 10.5 Å². The van der Waals surface area contributed by atoms with Crippen LogP contribution in [0.4, 0.5) is 5.69 Å². The smallest absolute Gasteiger partial charge is 0.164 e. The topological polar surface area (TPSA) is 53.1 Å². The molecule has 17 heavy (non-hydrogen) atoms. The summed E-state index contributed by atoms with van der Waals surface area (Å²) in [5, 5.41) is 4.34. The molecule has 1 aromatic heterocycles. The number of hydrogen-bond acceptors (Lipinski definition) is 3. The summed E-state index contributed by atoms with van der Waals surface area (Å²) in [5.41, 5.74) is 8.54. The number of nitrogen functional groups attached to an aromatic ring is 1. The van der Waals surface area contributed by atoms with E-state index in [4.69, 9.17) is 10.5 Å². The van der Waals surface area contributed by atoms with Crippen molar-refractivity contribution in [2.45, 2.75) is 19.9 Å². The Balaban J connectivity index is 2.60. The van der Waals surface area contributed by atoms with E-state index in [0.29, 0.717) is 0 Å². The second-order valence-electron chi connectivity index (χ2n) is 4.23. The highest BCUT2D eigenvalue weighted by Crippen LogP contribution is 2.32. The van der Waals surface area contributed by atoms with Crippen molar-refractivity contribution in [2.24, 2.45) is 0 Å². The number of methoxy groups -OCH3 is 1. The SMILES string of the molecule is COc1cnn(C(C)C)c1-c1cccc(N)c1. The molecule has 0 atom stereocenters. The normalized spacial score (nSPS) is 10.8. The average Bonchev–Trinajstić information content (AvgIpc) is 2.72. The third-order valence-electron chi connectivity index (χ3n) is 2.63. The predicted octanol–water partition coefficient (Wildman–Crippen LogP) is 2.72. The minimum atomic E-state index is 0.273. The molecule has 90 valence electrons. The first-order valence-electron chi connectivity index (χ1n) is 5.61. The standard InChI is InChI=1S/C13H17N3O/c1-9(2)16-13(12(17-3)8-15-16)10-5-4-6-11(14)7-10/h4-9H,14H2,1-3H3. The quantitative estimate of drug-likeness (QED) is 0.826. The van der Waals surface area contributed by atoms with Gasteiger partial charge in [0.1, 0.15) is 5.69 Å². The van der Waals surface area contributed by atoms with Gasteiger partial charge in [0.2, 0.25) is 0 Å². The van der Waals surface area contributed by atoms with Gasteiger partial charge in [-0.2, -0.15) is 5.10 Å². The lowest BCUT2D eigenvalue weighted by molar-refractivity contribution is 0.415. The molecular formula is C13H17N3O. The van der Waals surface area contributed by atoms with Gasteiger partial charge in [-0.25, -0.2) is 0 Å². The van der Waals surface area contributed by atoms with Crippen molar-refractivity contribution in [3.8, 4) is 17.0 Å². The summed E-state index contributed by atoms with van der Waals surface area (Å²) in [6.07, 6.45) is 1.73. The predicted molar refractivity (Wildman–Crippen MR) is 69.0 cm³/mol. The summed E-state index contributed by atoms with van der Waals surface area (Å²) in [6.45, 7) is 4.17. The Bertz CT molecular complexity index is 517.